The highest BCUT2D eigenvalue weighted by Gasteiger charge is 2.44. The van der Waals surface area contributed by atoms with Gasteiger partial charge in [-0.3, -0.25) is 9.78 Å². The quantitative estimate of drug-likeness (QED) is 0.919. The molecule has 1 heterocycles. The Hall–Kier alpha value is -2.23. The molecule has 0 bridgehead atoms. The van der Waals surface area contributed by atoms with Gasteiger partial charge in [0.25, 0.3) is 0 Å². The molecule has 0 amide bonds. The van der Waals surface area contributed by atoms with Gasteiger partial charge in [-0.15, -0.1) is 0 Å². The summed E-state index contributed by atoms with van der Waals surface area (Å²) in [5.74, 6) is -1.19. The van der Waals surface area contributed by atoms with Gasteiger partial charge >= 0.3 is 5.97 Å². The summed E-state index contributed by atoms with van der Waals surface area (Å²) >= 11 is 0. The van der Waals surface area contributed by atoms with Crippen molar-refractivity contribution in [2.24, 2.45) is 5.92 Å². The number of nitrogens with zero attached hydrogens (tertiary/aromatic N) is 1. The largest absolute Gasteiger partial charge is 0.481 e. The molecule has 96 valence electrons. The van der Waals surface area contributed by atoms with Crippen LogP contribution in [0.3, 0.4) is 0 Å². The number of rotatable bonds is 3. The Balaban J connectivity index is 1.80. The van der Waals surface area contributed by atoms with Crippen LogP contribution in [0.2, 0.25) is 0 Å². The Morgan fingerprint density at radius 3 is 2.47 bits per heavy atom. The van der Waals surface area contributed by atoms with Crippen LogP contribution in [-0.2, 0) is 4.79 Å². The smallest absolute Gasteiger partial charge is 0.307 e. The van der Waals surface area contributed by atoms with Crippen molar-refractivity contribution in [2.45, 2.75) is 12.3 Å². The highest BCUT2D eigenvalue weighted by atomic mass is 19.1. The second kappa shape index (κ2) is 4.46. The Bertz CT molecular complexity index is 607. The third kappa shape index (κ3) is 2.34. The predicted molar refractivity (Wildman–Crippen MR) is 68.1 cm³/mol. The van der Waals surface area contributed by atoms with Crippen LogP contribution in [0.4, 0.5) is 4.39 Å². The summed E-state index contributed by atoms with van der Waals surface area (Å²) < 4.78 is 12.8. The van der Waals surface area contributed by atoms with E-state index in [0.29, 0.717) is 6.42 Å². The van der Waals surface area contributed by atoms with E-state index in [1.54, 1.807) is 18.3 Å². The molecule has 1 N–H and O–H groups in total. The summed E-state index contributed by atoms with van der Waals surface area (Å²) in [6, 6.07) is 9.89. The van der Waals surface area contributed by atoms with Gasteiger partial charge in [0.15, 0.2) is 0 Å². The van der Waals surface area contributed by atoms with Gasteiger partial charge in [-0.05, 0) is 48.2 Å². The molecule has 2 atom stereocenters. The highest BCUT2D eigenvalue weighted by Crippen LogP contribution is 2.47. The van der Waals surface area contributed by atoms with Crippen molar-refractivity contribution in [1.29, 1.82) is 0 Å². The molecule has 3 rings (SSSR count). The molecule has 4 heteroatoms. The maximum atomic E-state index is 12.8. The first kappa shape index (κ1) is 11.8. The normalized spacial score (nSPS) is 21.1. The number of aliphatic carboxylic acids is 1. The van der Waals surface area contributed by atoms with E-state index in [4.69, 9.17) is 5.11 Å². The minimum absolute atomic E-state index is 0.0901. The highest BCUT2D eigenvalue weighted by molar-refractivity contribution is 5.75. The van der Waals surface area contributed by atoms with Gasteiger partial charge in [-0.25, -0.2) is 4.39 Å². The van der Waals surface area contributed by atoms with Crippen molar-refractivity contribution in [3.05, 3.63) is 54.0 Å². The Morgan fingerprint density at radius 1 is 1.21 bits per heavy atom. The molecule has 1 aromatic heterocycles. The van der Waals surface area contributed by atoms with Crippen molar-refractivity contribution in [1.82, 2.24) is 4.98 Å². The van der Waals surface area contributed by atoms with Gasteiger partial charge in [0.1, 0.15) is 5.82 Å². The molecular weight excluding hydrogens is 245 g/mol. The van der Waals surface area contributed by atoms with E-state index >= 15 is 0 Å². The van der Waals surface area contributed by atoms with E-state index in [1.807, 2.05) is 12.1 Å². The number of pyridine rings is 1. The lowest BCUT2D eigenvalue weighted by atomic mass is 10.1. The molecule has 1 fully saturated rings. The average molecular weight is 257 g/mol. The molecule has 0 saturated heterocycles. The fraction of sp³-hybridized carbons (Fsp3) is 0.200. The molecular formula is C15H12FNO2. The monoisotopic (exact) mass is 257 g/mol. The molecule has 0 radical (unpaired) electrons. The van der Waals surface area contributed by atoms with Gasteiger partial charge in [-0.2, -0.15) is 0 Å². The summed E-state index contributed by atoms with van der Waals surface area (Å²) in [5.41, 5.74) is 2.56. The molecule has 3 nitrogen and oxygen atoms in total. The van der Waals surface area contributed by atoms with Crippen molar-refractivity contribution in [3.63, 3.8) is 0 Å². The number of benzene rings is 1. The average Bonchev–Trinajstić information content (AvgIpc) is 3.20. The Kier molecular flexibility index (Phi) is 2.78. The van der Waals surface area contributed by atoms with E-state index in [-0.39, 0.29) is 17.7 Å². The molecule has 1 aliphatic rings. The molecule has 0 aliphatic heterocycles. The molecule has 1 aromatic carbocycles. The zero-order chi connectivity index (χ0) is 13.4. The lowest BCUT2D eigenvalue weighted by molar-refractivity contribution is -0.138. The Labute approximate surface area is 109 Å². The summed E-state index contributed by atoms with van der Waals surface area (Å²) in [7, 11) is 0. The second-order valence-corrected chi connectivity index (χ2v) is 4.77. The summed E-state index contributed by atoms with van der Waals surface area (Å²) in [6.45, 7) is 0. The minimum atomic E-state index is -0.743. The van der Waals surface area contributed by atoms with Crippen LogP contribution < -0.4 is 0 Å². The van der Waals surface area contributed by atoms with Crippen LogP contribution in [-0.4, -0.2) is 16.1 Å². The van der Waals surface area contributed by atoms with Crippen LogP contribution in [0.1, 0.15) is 17.9 Å². The van der Waals surface area contributed by atoms with Gasteiger partial charge in [-0.1, -0.05) is 6.07 Å². The third-order valence-electron chi connectivity index (χ3n) is 3.46. The molecule has 19 heavy (non-hydrogen) atoms. The molecule has 1 saturated carbocycles. The van der Waals surface area contributed by atoms with Crippen LogP contribution in [0.15, 0.2) is 42.6 Å². The van der Waals surface area contributed by atoms with Gasteiger partial charge in [0.2, 0.25) is 0 Å². The van der Waals surface area contributed by atoms with E-state index in [0.717, 1.165) is 16.8 Å². The van der Waals surface area contributed by atoms with Crippen LogP contribution in [0.25, 0.3) is 11.3 Å². The first-order chi connectivity index (χ1) is 9.15. The summed E-state index contributed by atoms with van der Waals surface area (Å²) in [4.78, 5) is 15.1. The van der Waals surface area contributed by atoms with Crippen molar-refractivity contribution in [3.8, 4) is 11.3 Å². The molecule has 2 aromatic rings. The standard InChI is InChI=1S/C15H12FNO2/c16-11-4-1-9(2-5-11)14-6-3-10(8-17-14)12-7-13(12)15(18)19/h1-6,8,12-13H,7H2,(H,18,19)/t12?,13-/m0/s1. The number of carboxylic acid groups (broad SMARTS) is 1. The first-order valence-electron chi connectivity index (χ1n) is 6.10. The van der Waals surface area contributed by atoms with Gasteiger partial charge in [0.05, 0.1) is 11.6 Å². The molecule has 0 spiro atoms. The van der Waals surface area contributed by atoms with Crippen LogP contribution in [0, 0.1) is 11.7 Å². The van der Waals surface area contributed by atoms with E-state index in [1.165, 1.54) is 12.1 Å². The van der Waals surface area contributed by atoms with Crippen LogP contribution in [0.5, 0.6) is 0 Å². The second-order valence-electron chi connectivity index (χ2n) is 4.77. The van der Waals surface area contributed by atoms with E-state index in [9.17, 15) is 9.18 Å². The SMILES string of the molecule is O=C(O)[C@H]1CC1c1ccc(-c2ccc(F)cc2)nc1. The Morgan fingerprint density at radius 2 is 1.95 bits per heavy atom. The minimum Gasteiger partial charge on any atom is -0.481 e. The molecule has 1 aliphatic carbocycles. The summed E-state index contributed by atoms with van der Waals surface area (Å²) in [5, 5.41) is 8.89. The fourth-order valence-corrected chi connectivity index (χ4v) is 2.25. The van der Waals surface area contributed by atoms with Gasteiger partial charge in [0, 0.05) is 11.8 Å². The lowest BCUT2D eigenvalue weighted by Gasteiger charge is -2.03. The number of hydrogen-bond acceptors (Lipinski definition) is 2. The number of hydrogen-bond donors (Lipinski definition) is 1. The first-order valence-corrected chi connectivity index (χ1v) is 6.10. The molecule has 1 unspecified atom stereocenters. The van der Waals surface area contributed by atoms with Crippen molar-refractivity contribution >= 4 is 5.97 Å². The fourth-order valence-electron chi connectivity index (χ4n) is 2.25. The number of aromatic nitrogens is 1. The van der Waals surface area contributed by atoms with E-state index in [2.05, 4.69) is 4.98 Å². The summed E-state index contributed by atoms with van der Waals surface area (Å²) in [6.07, 6.45) is 2.40. The lowest BCUT2D eigenvalue weighted by Crippen LogP contribution is -1.99. The number of carbonyl (C=O) groups is 1. The zero-order valence-corrected chi connectivity index (χ0v) is 10.1. The maximum absolute atomic E-state index is 12.8. The third-order valence-corrected chi connectivity index (χ3v) is 3.46. The van der Waals surface area contributed by atoms with Crippen molar-refractivity contribution in [2.75, 3.05) is 0 Å². The maximum Gasteiger partial charge on any atom is 0.307 e. The van der Waals surface area contributed by atoms with Crippen LogP contribution >= 0.6 is 0 Å². The number of carboxylic acids is 1. The van der Waals surface area contributed by atoms with E-state index < -0.39 is 5.97 Å². The predicted octanol–water partition coefficient (Wildman–Crippen LogP) is 3.08. The van der Waals surface area contributed by atoms with Crippen molar-refractivity contribution < 1.29 is 14.3 Å². The topological polar surface area (TPSA) is 50.2 Å². The van der Waals surface area contributed by atoms with Gasteiger partial charge < -0.3 is 5.11 Å². The number of halogens is 1. The zero-order valence-electron chi connectivity index (χ0n) is 10.1.